The normalized spacial score (nSPS) is 39.2. The summed E-state index contributed by atoms with van der Waals surface area (Å²) in [6.07, 6.45) is 13.5. The minimum Gasteiger partial charge on any atom is -0.0885 e. The Morgan fingerprint density at radius 2 is 1.80 bits per heavy atom. The van der Waals surface area contributed by atoms with E-state index in [4.69, 9.17) is 0 Å². The molecule has 2 unspecified atom stereocenters. The molecular formula is C10H16. The van der Waals surface area contributed by atoms with Gasteiger partial charge in [-0.25, -0.2) is 0 Å². The molecule has 1 saturated carbocycles. The van der Waals surface area contributed by atoms with Crippen molar-refractivity contribution in [3.63, 3.8) is 0 Å². The quantitative estimate of drug-likeness (QED) is 0.449. The van der Waals surface area contributed by atoms with Crippen LogP contribution in [-0.2, 0) is 0 Å². The average Bonchev–Trinajstić information content (AvgIpc) is 2.28. The Bertz CT molecular complexity index is 135. The largest absolute Gasteiger partial charge is 0.0885 e. The molecule has 0 amide bonds. The first kappa shape index (κ1) is 6.45. The Kier molecular flexibility index (Phi) is 1.79. The molecule has 0 saturated heterocycles. The van der Waals surface area contributed by atoms with Gasteiger partial charge in [-0.1, -0.05) is 25.0 Å². The van der Waals surface area contributed by atoms with E-state index in [1.54, 1.807) is 0 Å². The van der Waals surface area contributed by atoms with E-state index in [2.05, 4.69) is 12.2 Å². The standard InChI is InChI=1S/C10H16/c1-2-5-9-7-4-8-10(9)6-3-1/h1-2,9-10H,3-8H2. The molecule has 0 spiro atoms. The fourth-order valence-corrected chi connectivity index (χ4v) is 2.50. The Morgan fingerprint density at radius 3 is 2.80 bits per heavy atom. The van der Waals surface area contributed by atoms with Crippen LogP contribution in [0.4, 0.5) is 0 Å². The van der Waals surface area contributed by atoms with Gasteiger partial charge in [0.25, 0.3) is 0 Å². The smallest absolute Gasteiger partial charge is 0.0320 e. The van der Waals surface area contributed by atoms with E-state index in [1.165, 1.54) is 38.5 Å². The highest BCUT2D eigenvalue weighted by atomic mass is 14.3. The topological polar surface area (TPSA) is 0 Å². The SMILES string of the molecule is C1=CCC2CCCC2CC1. The molecule has 1 fully saturated rings. The van der Waals surface area contributed by atoms with Crippen molar-refractivity contribution in [3.8, 4) is 0 Å². The van der Waals surface area contributed by atoms with E-state index < -0.39 is 0 Å². The van der Waals surface area contributed by atoms with Gasteiger partial charge in [-0.3, -0.25) is 0 Å². The molecule has 0 aliphatic heterocycles. The summed E-state index contributed by atoms with van der Waals surface area (Å²) in [5.41, 5.74) is 0. The molecule has 0 heterocycles. The summed E-state index contributed by atoms with van der Waals surface area (Å²) >= 11 is 0. The molecule has 0 nitrogen and oxygen atoms in total. The lowest BCUT2D eigenvalue weighted by atomic mass is 9.91. The molecule has 0 radical (unpaired) electrons. The van der Waals surface area contributed by atoms with Crippen LogP contribution in [0.25, 0.3) is 0 Å². The summed E-state index contributed by atoms with van der Waals surface area (Å²) in [4.78, 5) is 0. The lowest BCUT2D eigenvalue weighted by Gasteiger charge is -2.14. The molecule has 10 heavy (non-hydrogen) atoms. The third kappa shape index (κ3) is 1.12. The maximum Gasteiger partial charge on any atom is -0.0320 e. The number of hydrogen-bond donors (Lipinski definition) is 0. The zero-order valence-electron chi connectivity index (χ0n) is 6.55. The monoisotopic (exact) mass is 136 g/mol. The van der Waals surface area contributed by atoms with Crippen LogP contribution in [0.5, 0.6) is 0 Å². The van der Waals surface area contributed by atoms with E-state index in [0.717, 1.165) is 11.8 Å². The zero-order valence-corrected chi connectivity index (χ0v) is 6.55. The van der Waals surface area contributed by atoms with Gasteiger partial charge in [-0.05, 0) is 37.5 Å². The van der Waals surface area contributed by atoms with Crippen LogP contribution >= 0.6 is 0 Å². The molecule has 0 aromatic carbocycles. The summed E-state index contributed by atoms with van der Waals surface area (Å²) in [5, 5.41) is 0. The second kappa shape index (κ2) is 2.77. The lowest BCUT2D eigenvalue weighted by molar-refractivity contribution is 0.378. The van der Waals surface area contributed by atoms with Gasteiger partial charge in [0.05, 0.1) is 0 Å². The molecular weight excluding hydrogens is 120 g/mol. The highest BCUT2D eigenvalue weighted by Gasteiger charge is 2.26. The molecule has 2 atom stereocenters. The molecule has 0 aromatic rings. The molecule has 2 rings (SSSR count). The Morgan fingerprint density at radius 1 is 0.900 bits per heavy atom. The van der Waals surface area contributed by atoms with Crippen molar-refractivity contribution in [2.24, 2.45) is 11.8 Å². The van der Waals surface area contributed by atoms with Crippen molar-refractivity contribution in [3.05, 3.63) is 12.2 Å². The Balaban J connectivity index is 2.02. The molecule has 2 aliphatic rings. The van der Waals surface area contributed by atoms with Crippen molar-refractivity contribution in [2.75, 3.05) is 0 Å². The first-order valence-corrected chi connectivity index (χ1v) is 4.62. The van der Waals surface area contributed by atoms with Crippen LogP contribution in [0.1, 0.15) is 38.5 Å². The van der Waals surface area contributed by atoms with E-state index >= 15 is 0 Å². The van der Waals surface area contributed by atoms with E-state index in [9.17, 15) is 0 Å². The number of rotatable bonds is 0. The van der Waals surface area contributed by atoms with Gasteiger partial charge in [0.2, 0.25) is 0 Å². The third-order valence-electron chi connectivity index (χ3n) is 3.13. The number of fused-ring (bicyclic) bond motifs is 1. The van der Waals surface area contributed by atoms with Gasteiger partial charge in [0.1, 0.15) is 0 Å². The van der Waals surface area contributed by atoms with Crippen molar-refractivity contribution >= 4 is 0 Å². The third-order valence-corrected chi connectivity index (χ3v) is 3.13. The predicted molar refractivity (Wildman–Crippen MR) is 43.8 cm³/mol. The zero-order chi connectivity index (χ0) is 6.81. The van der Waals surface area contributed by atoms with Crippen molar-refractivity contribution in [1.29, 1.82) is 0 Å². The van der Waals surface area contributed by atoms with Gasteiger partial charge in [0.15, 0.2) is 0 Å². The van der Waals surface area contributed by atoms with Crippen molar-refractivity contribution in [2.45, 2.75) is 38.5 Å². The fraction of sp³-hybridized carbons (Fsp3) is 0.800. The van der Waals surface area contributed by atoms with Gasteiger partial charge >= 0.3 is 0 Å². The van der Waals surface area contributed by atoms with Crippen LogP contribution in [0, 0.1) is 11.8 Å². The first-order chi connectivity index (χ1) is 4.97. The van der Waals surface area contributed by atoms with Crippen LogP contribution in [-0.4, -0.2) is 0 Å². The maximum absolute atomic E-state index is 2.40. The highest BCUT2D eigenvalue weighted by molar-refractivity contribution is 4.93. The molecule has 0 heteroatoms. The number of allylic oxidation sites excluding steroid dienone is 2. The summed E-state index contributed by atoms with van der Waals surface area (Å²) in [6, 6.07) is 0. The summed E-state index contributed by atoms with van der Waals surface area (Å²) in [6.45, 7) is 0. The second-order valence-electron chi connectivity index (χ2n) is 3.74. The van der Waals surface area contributed by atoms with E-state index in [0.29, 0.717) is 0 Å². The van der Waals surface area contributed by atoms with Crippen LogP contribution in [0.2, 0.25) is 0 Å². The summed E-state index contributed by atoms with van der Waals surface area (Å²) in [5.74, 6) is 2.16. The minimum absolute atomic E-state index is 1.07. The second-order valence-corrected chi connectivity index (χ2v) is 3.74. The fourth-order valence-electron chi connectivity index (χ4n) is 2.50. The Labute approximate surface area is 63.3 Å². The summed E-state index contributed by atoms with van der Waals surface area (Å²) in [7, 11) is 0. The van der Waals surface area contributed by atoms with Crippen LogP contribution in [0.3, 0.4) is 0 Å². The molecule has 0 N–H and O–H groups in total. The summed E-state index contributed by atoms with van der Waals surface area (Å²) < 4.78 is 0. The maximum atomic E-state index is 2.40. The molecule has 0 bridgehead atoms. The van der Waals surface area contributed by atoms with Crippen molar-refractivity contribution in [1.82, 2.24) is 0 Å². The minimum atomic E-state index is 1.07. The highest BCUT2D eigenvalue weighted by Crippen LogP contribution is 2.38. The van der Waals surface area contributed by atoms with Gasteiger partial charge in [-0.2, -0.15) is 0 Å². The van der Waals surface area contributed by atoms with Crippen LogP contribution in [0.15, 0.2) is 12.2 Å². The number of hydrogen-bond acceptors (Lipinski definition) is 0. The predicted octanol–water partition coefficient (Wildman–Crippen LogP) is 3.14. The van der Waals surface area contributed by atoms with Crippen molar-refractivity contribution < 1.29 is 0 Å². The van der Waals surface area contributed by atoms with Gasteiger partial charge in [0, 0.05) is 0 Å². The van der Waals surface area contributed by atoms with E-state index in [-0.39, 0.29) is 0 Å². The van der Waals surface area contributed by atoms with Gasteiger partial charge < -0.3 is 0 Å². The Hall–Kier alpha value is -0.260. The van der Waals surface area contributed by atoms with Gasteiger partial charge in [-0.15, -0.1) is 0 Å². The van der Waals surface area contributed by atoms with Crippen LogP contribution < -0.4 is 0 Å². The molecule has 2 aliphatic carbocycles. The lowest BCUT2D eigenvalue weighted by Crippen LogP contribution is -2.04. The van der Waals surface area contributed by atoms with E-state index in [1.807, 2.05) is 0 Å². The average molecular weight is 136 g/mol. The first-order valence-electron chi connectivity index (χ1n) is 4.62. The molecule has 0 aromatic heterocycles. The molecule has 56 valence electrons.